The van der Waals surface area contributed by atoms with Crippen LogP contribution in [0.5, 0.6) is 17.2 Å². The van der Waals surface area contributed by atoms with Gasteiger partial charge in [0.25, 0.3) is 0 Å². The molecule has 2 aromatic rings. The first kappa shape index (κ1) is 15.9. The lowest BCUT2D eigenvalue weighted by Crippen LogP contribution is -2.09. The van der Waals surface area contributed by atoms with Crippen LogP contribution in [0.4, 0.5) is 5.69 Å². The maximum absolute atomic E-state index is 12.1. The molecule has 2 aromatic carbocycles. The number of hydrogen-bond acceptors (Lipinski definition) is 4. The second kappa shape index (κ2) is 7.08. The third-order valence-corrected chi connectivity index (χ3v) is 3.30. The van der Waals surface area contributed by atoms with Crippen molar-refractivity contribution in [3.05, 3.63) is 54.1 Å². The summed E-state index contributed by atoms with van der Waals surface area (Å²) < 4.78 is 16.2. The van der Waals surface area contributed by atoms with E-state index in [1.54, 1.807) is 12.1 Å². The van der Waals surface area contributed by atoms with Crippen LogP contribution >= 0.6 is 0 Å². The average molecular weight is 325 g/mol. The molecule has 0 aliphatic carbocycles. The fourth-order valence-corrected chi connectivity index (χ4v) is 2.29. The summed E-state index contributed by atoms with van der Waals surface area (Å²) in [7, 11) is 0. The molecule has 5 nitrogen and oxygen atoms in total. The van der Waals surface area contributed by atoms with Gasteiger partial charge in [-0.05, 0) is 49.8 Å². The summed E-state index contributed by atoms with van der Waals surface area (Å²) in [5, 5.41) is 2.82. The number of carbonyl (C=O) groups is 1. The van der Waals surface area contributed by atoms with E-state index in [9.17, 15) is 4.79 Å². The molecule has 0 atom stereocenters. The van der Waals surface area contributed by atoms with E-state index in [0.29, 0.717) is 11.4 Å². The molecule has 1 aliphatic rings. The van der Waals surface area contributed by atoms with E-state index in [-0.39, 0.29) is 18.8 Å². The molecule has 124 valence electrons. The Bertz CT molecular complexity index is 768. The summed E-state index contributed by atoms with van der Waals surface area (Å²) in [4.78, 5) is 12.1. The summed E-state index contributed by atoms with van der Waals surface area (Å²) in [6.07, 6.45) is 3.29. The highest BCUT2D eigenvalue weighted by molar-refractivity contribution is 6.02. The summed E-state index contributed by atoms with van der Waals surface area (Å²) in [6, 6.07) is 12.9. The van der Waals surface area contributed by atoms with Crippen LogP contribution in [0, 0.1) is 0 Å². The van der Waals surface area contributed by atoms with E-state index in [1.807, 2.05) is 50.2 Å². The van der Waals surface area contributed by atoms with Crippen LogP contribution < -0.4 is 19.5 Å². The molecule has 0 aromatic heterocycles. The maximum atomic E-state index is 12.1. The minimum Gasteiger partial charge on any atom is -0.491 e. The van der Waals surface area contributed by atoms with E-state index in [4.69, 9.17) is 14.2 Å². The Labute approximate surface area is 140 Å². The Morgan fingerprint density at radius 2 is 2.00 bits per heavy atom. The molecule has 1 amide bonds. The Morgan fingerprint density at radius 1 is 1.17 bits per heavy atom. The molecular weight excluding hydrogens is 306 g/mol. The molecule has 0 saturated carbocycles. The van der Waals surface area contributed by atoms with Gasteiger partial charge in [0.15, 0.2) is 11.5 Å². The van der Waals surface area contributed by atoms with Crippen LogP contribution in [-0.2, 0) is 4.79 Å². The first-order chi connectivity index (χ1) is 11.6. The van der Waals surface area contributed by atoms with Gasteiger partial charge in [0.1, 0.15) is 5.75 Å². The fourth-order valence-electron chi connectivity index (χ4n) is 2.29. The van der Waals surface area contributed by atoms with Crippen molar-refractivity contribution in [2.24, 2.45) is 0 Å². The highest BCUT2D eigenvalue weighted by Crippen LogP contribution is 2.32. The van der Waals surface area contributed by atoms with E-state index in [0.717, 1.165) is 17.1 Å². The summed E-state index contributed by atoms with van der Waals surface area (Å²) in [5.74, 6) is 1.92. The summed E-state index contributed by atoms with van der Waals surface area (Å²) in [6.45, 7) is 4.15. The fraction of sp³-hybridized carbons (Fsp3) is 0.211. The van der Waals surface area contributed by atoms with Crippen molar-refractivity contribution in [1.29, 1.82) is 0 Å². The minimum atomic E-state index is -0.214. The second-order valence-electron chi connectivity index (χ2n) is 5.63. The molecule has 1 heterocycles. The van der Waals surface area contributed by atoms with Gasteiger partial charge in [-0.2, -0.15) is 0 Å². The van der Waals surface area contributed by atoms with Crippen molar-refractivity contribution < 1.29 is 19.0 Å². The van der Waals surface area contributed by atoms with Gasteiger partial charge in [0.2, 0.25) is 12.7 Å². The monoisotopic (exact) mass is 325 g/mol. The van der Waals surface area contributed by atoms with Gasteiger partial charge in [0.05, 0.1) is 6.10 Å². The maximum Gasteiger partial charge on any atom is 0.248 e. The molecule has 5 heteroatoms. The Balaban J connectivity index is 1.63. The SMILES string of the molecule is CC(C)Oc1cccc(NC(=O)/C=C/c2ccc3c(c2)OCO3)c1. The average Bonchev–Trinajstić information content (AvgIpc) is 3.00. The van der Waals surface area contributed by atoms with Crippen LogP contribution in [0.1, 0.15) is 19.4 Å². The number of hydrogen-bond donors (Lipinski definition) is 1. The number of rotatable bonds is 5. The van der Waals surface area contributed by atoms with Crippen LogP contribution in [0.25, 0.3) is 6.08 Å². The lowest BCUT2D eigenvalue weighted by Gasteiger charge is -2.10. The Morgan fingerprint density at radius 3 is 2.83 bits per heavy atom. The molecule has 0 unspecified atom stereocenters. The van der Waals surface area contributed by atoms with Crippen molar-refractivity contribution in [3.8, 4) is 17.2 Å². The van der Waals surface area contributed by atoms with Crippen molar-refractivity contribution in [1.82, 2.24) is 0 Å². The molecule has 0 radical (unpaired) electrons. The van der Waals surface area contributed by atoms with Crippen LogP contribution in [-0.4, -0.2) is 18.8 Å². The van der Waals surface area contributed by atoms with Crippen molar-refractivity contribution >= 4 is 17.7 Å². The van der Waals surface area contributed by atoms with Crippen molar-refractivity contribution in [3.63, 3.8) is 0 Å². The first-order valence-electron chi connectivity index (χ1n) is 7.75. The first-order valence-corrected chi connectivity index (χ1v) is 7.75. The standard InChI is InChI=1S/C19H19NO4/c1-13(2)24-16-5-3-4-15(11-16)20-19(21)9-7-14-6-8-17-18(10-14)23-12-22-17/h3-11,13H,12H2,1-2H3,(H,20,21)/b9-7+. The second-order valence-corrected chi connectivity index (χ2v) is 5.63. The normalized spacial score (nSPS) is 12.6. The van der Waals surface area contributed by atoms with Crippen molar-refractivity contribution in [2.45, 2.75) is 20.0 Å². The topological polar surface area (TPSA) is 56.8 Å². The number of benzene rings is 2. The lowest BCUT2D eigenvalue weighted by atomic mass is 10.2. The summed E-state index contributed by atoms with van der Waals surface area (Å²) >= 11 is 0. The van der Waals surface area contributed by atoms with Gasteiger partial charge in [-0.25, -0.2) is 0 Å². The van der Waals surface area contributed by atoms with E-state index in [1.165, 1.54) is 6.08 Å². The Kier molecular flexibility index (Phi) is 4.70. The molecule has 0 fully saturated rings. The quantitative estimate of drug-likeness (QED) is 0.848. The van der Waals surface area contributed by atoms with Gasteiger partial charge in [-0.3, -0.25) is 4.79 Å². The third kappa shape index (κ3) is 4.07. The number of fused-ring (bicyclic) bond motifs is 1. The van der Waals surface area contributed by atoms with Crippen LogP contribution in [0.3, 0.4) is 0 Å². The molecule has 3 rings (SSSR count). The molecule has 1 N–H and O–H groups in total. The molecule has 1 aliphatic heterocycles. The van der Waals surface area contributed by atoms with E-state index < -0.39 is 0 Å². The zero-order valence-corrected chi connectivity index (χ0v) is 13.6. The lowest BCUT2D eigenvalue weighted by molar-refractivity contribution is -0.111. The number of anilines is 1. The highest BCUT2D eigenvalue weighted by atomic mass is 16.7. The number of amides is 1. The predicted molar refractivity (Wildman–Crippen MR) is 92.4 cm³/mol. The van der Waals surface area contributed by atoms with Gasteiger partial charge in [0, 0.05) is 17.8 Å². The van der Waals surface area contributed by atoms with Crippen LogP contribution in [0.2, 0.25) is 0 Å². The number of carbonyl (C=O) groups excluding carboxylic acids is 1. The molecular formula is C19H19NO4. The third-order valence-electron chi connectivity index (χ3n) is 3.30. The van der Waals surface area contributed by atoms with Gasteiger partial charge >= 0.3 is 0 Å². The molecule has 0 saturated heterocycles. The summed E-state index contributed by atoms with van der Waals surface area (Å²) in [5.41, 5.74) is 1.56. The van der Waals surface area contributed by atoms with Gasteiger partial charge in [-0.1, -0.05) is 12.1 Å². The van der Waals surface area contributed by atoms with Crippen molar-refractivity contribution in [2.75, 3.05) is 12.1 Å². The van der Waals surface area contributed by atoms with E-state index in [2.05, 4.69) is 5.32 Å². The zero-order valence-electron chi connectivity index (χ0n) is 13.6. The molecule has 0 bridgehead atoms. The molecule has 0 spiro atoms. The van der Waals surface area contributed by atoms with Gasteiger partial charge in [-0.15, -0.1) is 0 Å². The largest absolute Gasteiger partial charge is 0.491 e. The predicted octanol–water partition coefficient (Wildman–Crippen LogP) is 3.85. The zero-order chi connectivity index (χ0) is 16.9. The van der Waals surface area contributed by atoms with E-state index >= 15 is 0 Å². The van der Waals surface area contributed by atoms with Crippen LogP contribution in [0.15, 0.2) is 48.5 Å². The molecule has 24 heavy (non-hydrogen) atoms. The number of ether oxygens (including phenoxy) is 3. The smallest absolute Gasteiger partial charge is 0.248 e. The minimum absolute atomic E-state index is 0.0851. The highest BCUT2D eigenvalue weighted by Gasteiger charge is 2.12. The number of nitrogens with one attached hydrogen (secondary N) is 1. The Hall–Kier alpha value is -2.95. The van der Waals surface area contributed by atoms with Gasteiger partial charge < -0.3 is 19.5 Å².